The molecule has 0 saturated carbocycles. The predicted octanol–water partition coefficient (Wildman–Crippen LogP) is 4.40. The van der Waals surface area contributed by atoms with Crippen molar-refractivity contribution in [3.63, 3.8) is 0 Å². The van der Waals surface area contributed by atoms with Crippen molar-refractivity contribution < 1.29 is 9.15 Å². The molecule has 4 heteroatoms. The van der Waals surface area contributed by atoms with Gasteiger partial charge in [-0.15, -0.1) is 0 Å². The highest BCUT2D eigenvalue weighted by molar-refractivity contribution is 6.30. The van der Waals surface area contributed by atoms with Crippen molar-refractivity contribution in [2.24, 2.45) is 0 Å². The fourth-order valence-electron chi connectivity index (χ4n) is 2.63. The molecular formula is C17H16ClNO2. The summed E-state index contributed by atoms with van der Waals surface area (Å²) in [5, 5.41) is 5.08. The van der Waals surface area contributed by atoms with Gasteiger partial charge in [0, 0.05) is 21.5 Å². The van der Waals surface area contributed by atoms with E-state index in [1.165, 1.54) is 0 Å². The van der Waals surface area contributed by atoms with E-state index in [1.54, 1.807) is 13.4 Å². The van der Waals surface area contributed by atoms with Crippen LogP contribution < -0.4 is 10.1 Å². The highest BCUT2D eigenvalue weighted by Gasteiger charge is 2.21. The Balaban J connectivity index is 2.16. The number of ether oxygens (including phenoxy) is 1. The predicted molar refractivity (Wildman–Crippen MR) is 85.1 cm³/mol. The molecule has 3 nitrogen and oxygen atoms in total. The van der Waals surface area contributed by atoms with E-state index in [2.05, 4.69) is 11.4 Å². The second-order valence-corrected chi connectivity index (χ2v) is 5.23. The highest BCUT2D eigenvalue weighted by atomic mass is 35.5. The zero-order chi connectivity index (χ0) is 14.8. The molecular weight excluding hydrogens is 286 g/mol. The van der Waals surface area contributed by atoms with Gasteiger partial charge in [-0.3, -0.25) is 0 Å². The third kappa shape index (κ3) is 2.50. The summed E-state index contributed by atoms with van der Waals surface area (Å²) < 4.78 is 11.1. The summed E-state index contributed by atoms with van der Waals surface area (Å²) in [5.74, 6) is 0.795. The second kappa shape index (κ2) is 5.80. The third-order valence-electron chi connectivity index (χ3n) is 3.61. The average molecular weight is 302 g/mol. The molecule has 2 aromatic carbocycles. The van der Waals surface area contributed by atoms with Crippen LogP contribution in [-0.2, 0) is 0 Å². The van der Waals surface area contributed by atoms with Gasteiger partial charge in [-0.1, -0.05) is 29.8 Å². The van der Waals surface area contributed by atoms with Gasteiger partial charge >= 0.3 is 0 Å². The molecule has 0 amide bonds. The average Bonchev–Trinajstić information content (AvgIpc) is 2.93. The number of rotatable bonds is 4. The van der Waals surface area contributed by atoms with Crippen molar-refractivity contribution in [3.8, 4) is 5.75 Å². The number of hydrogen-bond donors (Lipinski definition) is 1. The molecule has 0 saturated heterocycles. The van der Waals surface area contributed by atoms with E-state index in [-0.39, 0.29) is 6.04 Å². The van der Waals surface area contributed by atoms with Gasteiger partial charge in [-0.05, 0) is 31.3 Å². The topological polar surface area (TPSA) is 34.4 Å². The lowest BCUT2D eigenvalue weighted by molar-refractivity contribution is 0.405. The zero-order valence-electron chi connectivity index (χ0n) is 11.9. The van der Waals surface area contributed by atoms with Gasteiger partial charge in [0.25, 0.3) is 0 Å². The molecule has 1 atom stereocenters. The Hall–Kier alpha value is -1.97. The van der Waals surface area contributed by atoms with E-state index in [1.807, 2.05) is 43.4 Å². The van der Waals surface area contributed by atoms with E-state index in [0.717, 1.165) is 27.8 Å². The smallest absolute Gasteiger partial charge is 0.134 e. The van der Waals surface area contributed by atoms with Crippen LogP contribution in [0.4, 0.5) is 0 Å². The Morgan fingerprint density at radius 2 is 1.95 bits per heavy atom. The summed E-state index contributed by atoms with van der Waals surface area (Å²) in [4.78, 5) is 0. The lowest BCUT2D eigenvalue weighted by Crippen LogP contribution is -2.18. The standard InChI is InChI=1S/C17H16ClNO2/c1-19-17(13-9-11(18)7-8-15(13)20-2)14-10-21-16-6-4-3-5-12(14)16/h3-10,17,19H,1-2H3. The quantitative estimate of drug-likeness (QED) is 0.775. The van der Waals surface area contributed by atoms with Crippen LogP contribution in [0.3, 0.4) is 0 Å². The molecule has 0 aliphatic heterocycles. The van der Waals surface area contributed by atoms with E-state index < -0.39 is 0 Å². The summed E-state index contributed by atoms with van der Waals surface area (Å²) in [6.07, 6.45) is 1.78. The Morgan fingerprint density at radius 3 is 2.71 bits per heavy atom. The normalized spacial score (nSPS) is 12.5. The third-order valence-corrected chi connectivity index (χ3v) is 3.85. The number of para-hydroxylation sites is 1. The molecule has 21 heavy (non-hydrogen) atoms. The molecule has 1 heterocycles. The van der Waals surface area contributed by atoms with Crippen LogP contribution in [0.2, 0.25) is 5.02 Å². The lowest BCUT2D eigenvalue weighted by atomic mass is 9.97. The van der Waals surface area contributed by atoms with Crippen LogP contribution >= 0.6 is 11.6 Å². The summed E-state index contributed by atoms with van der Waals surface area (Å²) in [7, 11) is 3.57. The first-order valence-electron chi connectivity index (χ1n) is 6.71. The molecule has 0 aliphatic rings. The Kier molecular flexibility index (Phi) is 3.86. The number of methoxy groups -OCH3 is 1. The molecule has 3 aromatic rings. The SMILES string of the molecule is CNC(c1cc(Cl)ccc1OC)c1coc2ccccc12. The number of hydrogen-bond acceptors (Lipinski definition) is 3. The first-order chi connectivity index (χ1) is 10.2. The van der Waals surface area contributed by atoms with E-state index in [0.29, 0.717) is 5.02 Å². The van der Waals surface area contributed by atoms with Crippen LogP contribution in [0.5, 0.6) is 5.75 Å². The number of nitrogens with one attached hydrogen (secondary N) is 1. The number of halogens is 1. The molecule has 0 spiro atoms. The van der Waals surface area contributed by atoms with Crippen molar-refractivity contribution in [2.45, 2.75) is 6.04 Å². The first kappa shape index (κ1) is 14.0. The van der Waals surface area contributed by atoms with Crippen molar-refractivity contribution in [1.82, 2.24) is 5.32 Å². The molecule has 108 valence electrons. The van der Waals surface area contributed by atoms with Crippen LogP contribution in [0.15, 0.2) is 53.1 Å². The van der Waals surface area contributed by atoms with Crippen molar-refractivity contribution in [1.29, 1.82) is 0 Å². The molecule has 1 N–H and O–H groups in total. The van der Waals surface area contributed by atoms with Gasteiger partial charge in [0.05, 0.1) is 19.4 Å². The minimum Gasteiger partial charge on any atom is -0.496 e. The first-order valence-corrected chi connectivity index (χ1v) is 7.09. The van der Waals surface area contributed by atoms with Gasteiger partial charge in [-0.2, -0.15) is 0 Å². The molecule has 1 aromatic heterocycles. The van der Waals surface area contributed by atoms with Gasteiger partial charge in [0.15, 0.2) is 0 Å². The van der Waals surface area contributed by atoms with Gasteiger partial charge < -0.3 is 14.5 Å². The van der Waals surface area contributed by atoms with Crippen LogP contribution in [0.25, 0.3) is 11.0 Å². The summed E-state index contributed by atoms with van der Waals surface area (Å²) in [5.41, 5.74) is 2.92. The minimum absolute atomic E-state index is 0.0534. The Morgan fingerprint density at radius 1 is 1.14 bits per heavy atom. The zero-order valence-corrected chi connectivity index (χ0v) is 12.6. The van der Waals surface area contributed by atoms with E-state index >= 15 is 0 Å². The Labute approximate surface area is 128 Å². The number of furan rings is 1. The molecule has 0 aliphatic carbocycles. The largest absolute Gasteiger partial charge is 0.496 e. The molecule has 0 fully saturated rings. The maximum absolute atomic E-state index is 6.15. The summed E-state index contributed by atoms with van der Waals surface area (Å²) in [6, 6.07) is 13.5. The van der Waals surface area contributed by atoms with Crippen molar-refractivity contribution in [2.75, 3.05) is 14.2 Å². The number of benzene rings is 2. The molecule has 0 radical (unpaired) electrons. The monoisotopic (exact) mass is 301 g/mol. The van der Waals surface area contributed by atoms with Gasteiger partial charge in [0.1, 0.15) is 11.3 Å². The van der Waals surface area contributed by atoms with Crippen molar-refractivity contribution >= 4 is 22.6 Å². The van der Waals surface area contributed by atoms with Crippen LogP contribution in [0.1, 0.15) is 17.2 Å². The molecule has 1 unspecified atom stereocenters. The molecule has 3 rings (SSSR count). The Bertz CT molecular complexity index is 766. The van der Waals surface area contributed by atoms with Crippen LogP contribution in [0, 0.1) is 0 Å². The summed E-state index contributed by atoms with van der Waals surface area (Å²) >= 11 is 6.15. The van der Waals surface area contributed by atoms with Crippen molar-refractivity contribution in [3.05, 3.63) is 64.9 Å². The number of fused-ring (bicyclic) bond motifs is 1. The lowest BCUT2D eigenvalue weighted by Gasteiger charge is -2.19. The van der Waals surface area contributed by atoms with Gasteiger partial charge in [-0.25, -0.2) is 0 Å². The van der Waals surface area contributed by atoms with Gasteiger partial charge in [0.2, 0.25) is 0 Å². The van der Waals surface area contributed by atoms with Crippen LogP contribution in [-0.4, -0.2) is 14.2 Å². The fourth-order valence-corrected chi connectivity index (χ4v) is 2.81. The molecule has 0 bridgehead atoms. The van der Waals surface area contributed by atoms with E-state index in [4.69, 9.17) is 20.8 Å². The fraction of sp³-hybridized carbons (Fsp3) is 0.176. The maximum atomic E-state index is 6.15. The minimum atomic E-state index is -0.0534. The second-order valence-electron chi connectivity index (χ2n) is 4.80. The van der Waals surface area contributed by atoms with E-state index in [9.17, 15) is 0 Å². The summed E-state index contributed by atoms with van der Waals surface area (Å²) in [6.45, 7) is 0. The highest BCUT2D eigenvalue weighted by Crippen LogP contribution is 2.35. The maximum Gasteiger partial charge on any atom is 0.134 e.